The van der Waals surface area contributed by atoms with Crippen LogP contribution in [0.3, 0.4) is 0 Å². The van der Waals surface area contributed by atoms with Gasteiger partial charge < -0.3 is 10.1 Å². The molecular weight excluding hydrogens is 366 g/mol. The molecular formula is C16H12ClN3O4S. The van der Waals surface area contributed by atoms with E-state index in [4.69, 9.17) is 16.3 Å². The molecule has 7 nitrogen and oxygen atoms in total. The van der Waals surface area contributed by atoms with E-state index >= 15 is 0 Å². The number of ether oxygens (including phenoxy) is 1. The number of fused-ring (bicyclic) bond motifs is 1. The first-order chi connectivity index (χ1) is 12.0. The summed E-state index contributed by atoms with van der Waals surface area (Å²) in [4.78, 5) is 26.5. The van der Waals surface area contributed by atoms with Crippen LogP contribution in [0.25, 0.3) is 10.2 Å². The number of halogens is 1. The monoisotopic (exact) mass is 377 g/mol. The second-order valence-corrected chi connectivity index (χ2v) is 6.44. The van der Waals surface area contributed by atoms with Gasteiger partial charge in [0.25, 0.3) is 5.69 Å². The van der Waals surface area contributed by atoms with Gasteiger partial charge in [-0.3, -0.25) is 14.9 Å². The highest BCUT2D eigenvalue weighted by Gasteiger charge is 2.12. The minimum absolute atomic E-state index is 0.0119. The lowest BCUT2D eigenvalue weighted by molar-refractivity contribution is -0.384. The molecule has 2 aromatic carbocycles. The Labute approximate surface area is 151 Å². The van der Waals surface area contributed by atoms with Crippen LogP contribution in [-0.4, -0.2) is 22.4 Å². The van der Waals surface area contributed by atoms with Crippen LogP contribution >= 0.6 is 22.9 Å². The Morgan fingerprint density at radius 2 is 2.12 bits per heavy atom. The van der Waals surface area contributed by atoms with Gasteiger partial charge in [-0.1, -0.05) is 35.1 Å². The van der Waals surface area contributed by atoms with Crippen molar-refractivity contribution in [1.82, 2.24) is 4.98 Å². The van der Waals surface area contributed by atoms with E-state index in [0.717, 1.165) is 0 Å². The first-order valence-electron chi connectivity index (χ1n) is 7.25. The summed E-state index contributed by atoms with van der Waals surface area (Å²) in [5.74, 6) is 0.255. The minimum atomic E-state index is -0.469. The van der Waals surface area contributed by atoms with E-state index in [9.17, 15) is 14.9 Å². The SMILES string of the molecule is O=C(CCOc1ccccc1Cl)Nc1nc2ccc([N+](=O)[O-])cc2s1. The molecule has 0 fully saturated rings. The number of carbonyl (C=O) groups excluding carboxylic acids is 1. The Hall–Kier alpha value is -2.71. The molecule has 0 spiro atoms. The van der Waals surface area contributed by atoms with Gasteiger partial charge in [-0.05, 0) is 18.2 Å². The van der Waals surface area contributed by atoms with Gasteiger partial charge in [0.15, 0.2) is 5.13 Å². The number of nitrogens with one attached hydrogen (secondary N) is 1. The molecule has 0 unspecified atom stereocenters. The normalized spacial score (nSPS) is 10.6. The Balaban J connectivity index is 1.58. The lowest BCUT2D eigenvalue weighted by Crippen LogP contribution is -2.15. The molecule has 0 radical (unpaired) electrons. The van der Waals surface area contributed by atoms with Crippen LogP contribution in [-0.2, 0) is 4.79 Å². The molecule has 1 heterocycles. The summed E-state index contributed by atoms with van der Waals surface area (Å²) in [5.41, 5.74) is 0.584. The van der Waals surface area contributed by atoms with Crippen LogP contribution in [0.5, 0.6) is 5.75 Å². The number of nitro groups is 1. The quantitative estimate of drug-likeness (QED) is 0.511. The van der Waals surface area contributed by atoms with Gasteiger partial charge in [-0.2, -0.15) is 0 Å². The fraction of sp³-hybridized carbons (Fsp3) is 0.125. The third-order valence-electron chi connectivity index (χ3n) is 3.25. The number of nitrogens with zero attached hydrogens (tertiary/aromatic N) is 2. The van der Waals surface area contributed by atoms with Crippen LogP contribution in [0.1, 0.15) is 6.42 Å². The van der Waals surface area contributed by atoms with E-state index in [0.29, 0.717) is 26.1 Å². The Bertz CT molecular complexity index is 944. The molecule has 3 aromatic rings. The largest absolute Gasteiger partial charge is 0.491 e. The van der Waals surface area contributed by atoms with E-state index in [1.54, 1.807) is 30.3 Å². The molecule has 1 N–H and O–H groups in total. The maximum absolute atomic E-state index is 12.0. The fourth-order valence-corrected chi connectivity index (χ4v) is 3.18. The van der Waals surface area contributed by atoms with Crippen molar-refractivity contribution in [1.29, 1.82) is 0 Å². The molecule has 0 aliphatic carbocycles. The van der Waals surface area contributed by atoms with E-state index < -0.39 is 4.92 Å². The first-order valence-corrected chi connectivity index (χ1v) is 8.44. The van der Waals surface area contributed by atoms with E-state index in [2.05, 4.69) is 10.3 Å². The number of amides is 1. The molecule has 0 atom stereocenters. The van der Waals surface area contributed by atoms with Gasteiger partial charge in [0.2, 0.25) is 5.91 Å². The van der Waals surface area contributed by atoms with Gasteiger partial charge in [0.1, 0.15) is 5.75 Å². The van der Waals surface area contributed by atoms with Crippen molar-refractivity contribution in [3.05, 3.63) is 57.6 Å². The average molecular weight is 378 g/mol. The number of hydrogen-bond acceptors (Lipinski definition) is 6. The lowest BCUT2D eigenvalue weighted by Gasteiger charge is -2.07. The van der Waals surface area contributed by atoms with E-state index in [1.807, 2.05) is 0 Å². The van der Waals surface area contributed by atoms with Crippen molar-refractivity contribution in [3.8, 4) is 5.75 Å². The molecule has 3 rings (SSSR count). The third-order valence-corrected chi connectivity index (χ3v) is 4.50. The van der Waals surface area contributed by atoms with Crippen molar-refractivity contribution in [3.63, 3.8) is 0 Å². The van der Waals surface area contributed by atoms with Crippen LogP contribution in [0.2, 0.25) is 5.02 Å². The summed E-state index contributed by atoms with van der Waals surface area (Å²) in [6.07, 6.45) is 0.126. The Morgan fingerprint density at radius 3 is 2.88 bits per heavy atom. The van der Waals surface area contributed by atoms with Crippen LogP contribution in [0, 0.1) is 10.1 Å². The van der Waals surface area contributed by atoms with Crippen LogP contribution < -0.4 is 10.1 Å². The van der Waals surface area contributed by atoms with Crippen molar-refractivity contribution in [2.24, 2.45) is 0 Å². The predicted octanol–water partition coefficient (Wildman–Crippen LogP) is 4.27. The summed E-state index contributed by atoms with van der Waals surface area (Å²) in [6.45, 7) is 0.173. The highest BCUT2D eigenvalue weighted by Crippen LogP contribution is 2.29. The second kappa shape index (κ2) is 7.45. The van der Waals surface area contributed by atoms with Gasteiger partial charge >= 0.3 is 0 Å². The smallest absolute Gasteiger partial charge is 0.270 e. The molecule has 0 saturated heterocycles. The molecule has 0 saturated carbocycles. The van der Waals surface area contributed by atoms with Crippen molar-refractivity contribution < 1.29 is 14.5 Å². The first kappa shape index (κ1) is 17.1. The summed E-state index contributed by atoms with van der Waals surface area (Å²) in [6, 6.07) is 11.4. The number of non-ortho nitro benzene ring substituents is 1. The highest BCUT2D eigenvalue weighted by molar-refractivity contribution is 7.22. The number of thiazole rings is 1. The summed E-state index contributed by atoms with van der Waals surface area (Å²) < 4.78 is 6.10. The molecule has 128 valence electrons. The van der Waals surface area contributed by atoms with Crippen LogP contribution in [0.15, 0.2) is 42.5 Å². The molecule has 0 aliphatic heterocycles. The van der Waals surface area contributed by atoms with Crippen molar-refractivity contribution in [2.45, 2.75) is 6.42 Å². The summed E-state index contributed by atoms with van der Waals surface area (Å²) in [5, 5.41) is 14.3. The molecule has 9 heteroatoms. The molecule has 1 amide bonds. The zero-order chi connectivity index (χ0) is 17.8. The highest BCUT2D eigenvalue weighted by atomic mass is 35.5. The van der Waals surface area contributed by atoms with Gasteiger partial charge in [0, 0.05) is 12.1 Å². The zero-order valence-corrected chi connectivity index (χ0v) is 14.3. The number of anilines is 1. The van der Waals surface area contributed by atoms with E-state index in [-0.39, 0.29) is 24.6 Å². The molecule has 25 heavy (non-hydrogen) atoms. The van der Waals surface area contributed by atoms with E-state index in [1.165, 1.54) is 23.5 Å². The average Bonchev–Trinajstić information content (AvgIpc) is 2.97. The van der Waals surface area contributed by atoms with Crippen molar-refractivity contribution in [2.75, 3.05) is 11.9 Å². The number of nitro benzene ring substituents is 1. The standard InChI is InChI=1S/C16H12ClN3O4S/c17-11-3-1-2-4-13(11)24-8-7-15(21)19-16-18-12-6-5-10(20(22)23)9-14(12)25-16/h1-6,9H,7-8H2,(H,18,19,21). The number of carbonyl (C=O) groups is 1. The Kier molecular flexibility index (Phi) is 5.11. The topological polar surface area (TPSA) is 94.4 Å². The summed E-state index contributed by atoms with van der Waals surface area (Å²) >= 11 is 7.15. The molecule has 0 aliphatic rings. The number of benzene rings is 2. The molecule has 1 aromatic heterocycles. The number of rotatable bonds is 6. The Morgan fingerprint density at radius 1 is 1.32 bits per heavy atom. The predicted molar refractivity (Wildman–Crippen MR) is 96.5 cm³/mol. The van der Waals surface area contributed by atoms with Gasteiger partial charge in [-0.25, -0.2) is 4.98 Å². The number of aromatic nitrogens is 1. The number of para-hydroxylation sites is 1. The maximum atomic E-state index is 12.0. The van der Waals surface area contributed by atoms with Gasteiger partial charge in [0.05, 0.1) is 33.2 Å². The minimum Gasteiger partial charge on any atom is -0.491 e. The van der Waals surface area contributed by atoms with Gasteiger partial charge in [-0.15, -0.1) is 0 Å². The third kappa shape index (κ3) is 4.23. The number of hydrogen-bond donors (Lipinski definition) is 1. The summed E-state index contributed by atoms with van der Waals surface area (Å²) in [7, 11) is 0. The fourth-order valence-electron chi connectivity index (χ4n) is 2.08. The van der Waals surface area contributed by atoms with Crippen LogP contribution in [0.4, 0.5) is 10.8 Å². The van der Waals surface area contributed by atoms with Crippen molar-refractivity contribution >= 4 is 49.9 Å². The molecule has 0 bridgehead atoms. The maximum Gasteiger partial charge on any atom is 0.270 e. The second-order valence-electron chi connectivity index (χ2n) is 5.01. The zero-order valence-electron chi connectivity index (χ0n) is 12.8. The lowest BCUT2D eigenvalue weighted by atomic mass is 10.3.